The first-order valence-electron chi connectivity index (χ1n) is 16.4. The van der Waals surface area contributed by atoms with Crippen molar-refractivity contribution in [3.05, 3.63) is 164 Å². The highest BCUT2D eigenvalue weighted by Gasteiger charge is 2.16. The van der Waals surface area contributed by atoms with Gasteiger partial charge in [0.15, 0.2) is 17.5 Å². The van der Waals surface area contributed by atoms with Crippen molar-refractivity contribution in [1.82, 2.24) is 15.0 Å². The molecule has 0 amide bonds. The zero-order valence-electron chi connectivity index (χ0n) is 26.3. The van der Waals surface area contributed by atoms with Crippen LogP contribution in [0, 0.1) is 0 Å². The van der Waals surface area contributed by atoms with Crippen LogP contribution in [0.1, 0.15) is 0 Å². The molecule has 4 heteroatoms. The SMILES string of the molecule is c1ccc(-c2nc(-c3ccccc3)nc(-c3ccc4c5ccccc5c5cc(-c6ccc7sc8ccccc8c7c6)ccc5c4c3)n2)cc1. The normalized spacial score (nSPS) is 11.7. The number of hydrogen-bond acceptors (Lipinski definition) is 4. The third kappa shape index (κ3) is 4.68. The highest BCUT2D eigenvalue weighted by atomic mass is 32.1. The van der Waals surface area contributed by atoms with Crippen molar-refractivity contribution >= 4 is 63.8 Å². The summed E-state index contributed by atoms with van der Waals surface area (Å²) >= 11 is 1.86. The Hall–Kier alpha value is -6.23. The van der Waals surface area contributed by atoms with Gasteiger partial charge in [-0.15, -0.1) is 11.3 Å². The average Bonchev–Trinajstić information content (AvgIpc) is 3.56. The predicted octanol–water partition coefficient (Wildman–Crippen LogP) is 12.4. The second kappa shape index (κ2) is 11.2. The van der Waals surface area contributed by atoms with Crippen LogP contribution in [0.2, 0.25) is 0 Å². The van der Waals surface area contributed by atoms with Gasteiger partial charge in [-0.05, 0) is 73.8 Å². The lowest BCUT2D eigenvalue weighted by Crippen LogP contribution is -2.00. The molecule has 0 aliphatic heterocycles. The quantitative estimate of drug-likeness (QED) is 0.180. The van der Waals surface area contributed by atoms with Crippen LogP contribution in [0.5, 0.6) is 0 Å². The van der Waals surface area contributed by atoms with Crippen LogP contribution in [-0.4, -0.2) is 15.0 Å². The van der Waals surface area contributed by atoms with Gasteiger partial charge in [0.1, 0.15) is 0 Å². The molecule has 2 heterocycles. The lowest BCUT2D eigenvalue weighted by molar-refractivity contribution is 1.07. The van der Waals surface area contributed by atoms with Crippen LogP contribution in [-0.2, 0) is 0 Å². The topological polar surface area (TPSA) is 38.7 Å². The Morgan fingerprint density at radius 3 is 1.33 bits per heavy atom. The lowest BCUT2D eigenvalue weighted by Gasteiger charge is -2.14. The highest BCUT2D eigenvalue weighted by Crippen LogP contribution is 2.41. The Morgan fingerprint density at radius 1 is 0.265 bits per heavy atom. The third-order valence-electron chi connectivity index (χ3n) is 9.50. The predicted molar refractivity (Wildman–Crippen MR) is 207 cm³/mol. The third-order valence-corrected chi connectivity index (χ3v) is 10.7. The Kier molecular flexibility index (Phi) is 6.36. The van der Waals surface area contributed by atoms with Crippen molar-refractivity contribution in [3.63, 3.8) is 0 Å². The molecular weight excluding hydrogens is 615 g/mol. The van der Waals surface area contributed by atoms with Gasteiger partial charge >= 0.3 is 0 Å². The number of hydrogen-bond donors (Lipinski definition) is 0. The summed E-state index contributed by atoms with van der Waals surface area (Å²) in [5.74, 6) is 1.98. The largest absolute Gasteiger partial charge is 0.208 e. The second-order valence-electron chi connectivity index (χ2n) is 12.4. The van der Waals surface area contributed by atoms with Crippen LogP contribution in [0.15, 0.2) is 164 Å². The van der Waals surface area contributed by atoms with E-state index < -0.39 is 0 Å². The molecule has 0 saturated carbocycles. The van der Waals surface area contributed by atoms with Crippen molar-refractivity contribution in [2.75, 3.05) is 0 Å². The molecule has 0 saturated heterocycles. The molecule has 3 nitrogen and oxygen atoms in total. The van der Waals surface area contributed by atoms with E-state index >= 15 is 0 Å². The minimum absolute atomic E-state index is 0.656. The van der Waals surface area contributed by atoms with Gasteiger partial charge in [-0.3, -0.25) is 0 Å². The molecule has 0 spiro atoms. The number of benzene rings is 8. The van der Waals surface area contributed by atoms with E-state index in [0.29, 0.717) is 17.5 Å². The highest BCUT2D eigenvalue weighted by molar-refractivity contribution is 7.25. The second-order valence-corrected chi connectivity index (χ2v) is 13.5. The summed E-state index contributed by atoms with van der Waals surface area (Å²) in [7, 11) is 0. The fourth-order valence-electron chi connectivity index (χ4n) is 7.12. The van der Waals surface area contributed by atoms with Gasteiger partial charge in [-0.25, -0.2) is 15.0 Å². The number of rotatable bonds is 4. The summed E-state index contributed by atoms with van der Waals surface area (Å²) in [5, 5.41) is 9.96. The molecule has 49 heavy (non-hydrogen) atoms. The average molecular weight is 642 g/mol. The van der Waals surface area contributed by atoms with Crippen LogP contribution < -0.4 is 0 Å². The zero-order chi connectivity index (χ0) is 32.3. The molecule has 8 aromatic carbocycles. The number of fused-ring (bicyclic) bond motifs is 9. The van der Waals surface area contributed by atoms with E-state index in [1.165, 1.54) is 63.6 Å². The van der Waals surface area contributed by atoms with Crippen molar-refractivity contribution in [2.45, 2.75) is 0 Å². The van der Waals surface area contributed by atoms with Crippen LogP contribution in [0.4, 0.5) is 0 Å². The molecule has 228 valence electrons. The molecule has 2 aromatic heterocycles. The van der Waals surface area contributed by atoms with Gasteiger partial charge in [0, 0.05) is 36.9 Å². The van der Waals surface area contributed by atoms with E-state index in [2.05, 4.69) is 103 Å². The van der Waals surface area contributed by atoms with Crippen LogP contribution >= 0.6 is 11.3 Å². The van der Waals surface area contributed by atoms with Gasteiger partial charge in [0.25, 0.3) is 0 Å². The fraction of sp³-hybridized carbons (Fsp3) is 0. The Morgan fingerprint density at radius 2 is 0.673 bits per heavy atom. The fourth-order valence-corrected chi connectivity index (χ4v) is 8.21. The molecule has 0 aliphatic carbocycles. The maximum absolute atomic E-state index is 5.02. The zero-order valence-corrected chi connectivity index (χ0v) is 27.2. The van der Waals surface area contributed by atoms with Crippen molar-refractivity contribution in [1.29, 1.82) is 0 Å². The molecule has 10 rings (SSSR count). The van der Waals surface area contributed by atoms with E-state index in [4.69, 9.17) is 15.0 Å². The van der Waals surface area contributed by atoms with Crippen LogP contribution in [0.3, 0.4) is 0 Å². The maximum atomic E-state index is 5.02. The lowest BCUT2D eigenvalue weighted by atomic mass is 9.91. The van der Waals surface area contributed by atoms with E-state index in [0.717, 1.165) is 16.7 Å². The van der Waals surface area contributed by atoms with Gasteiger partial charge in [0.2, 0.25) is 0 Å². The summed E-state index contributed by atoms with van der Waals surface area (Å²) in [6.45, 7) is 0. The van der Waals surface area contributed by atoms with Gasteiger partial charge in [0.05, 0.1) is 0 Å². The Balaban J connectivity index is 1.18. The van der Waals surface area contributed by atoms with Gasteiger partial charge in [-0.2, -0.15) is 0 Å². The summed E-state index contributed by atoms with van der Waals surface area (Å²) < 4.78 is 2.64. The minimum Gasteiger partial charge on any atom is -0.208 e. The summed E-state index contributed by atoms with van der Waals surface area (Å²) in [6.07, 6.45) is 0. The first-order valence-corrected chi connectivity index (χ1v) is 17.3. The van der Waals surface area contributed by atoms with Crippen molar-refractivity contribution in [3.8, 4) is 45.3 Å². The number of nitrogens with zero attached hydrogens (tertiary/aromatic N) is 3. The standard InChI is InChI=1S/C45H27N3S/c1-3-11-28(12-4-1)43-46-44(29-13-5-2-6-14-29)48-45(47-43)32-20-23-35-33-15-7-8-16-34(33)38-25-30(19-22-36(38)39(35)27-32)31-21-24-42-40(26-31)37-17-9-10-18-41(37)49-42/h1-27H. The Labute approximate surface area is 286 Å². The molecule has 0 aliphatic rings. The van der Waals surface area contributed by atoms with Crippen molar-refractivity contribution < 1.29 is 0 Å². The van der Waals surface area contributed by atoms with Crippen LogP contribution in [0.25, 0.3) is 97.8 Å². The van der Waals surface area contributed by atoms with E-state index in [9.17, 15) is 0 Å². The van der Waals surface area contributed by atoms with E-state index in [1.807, 2.05) is 72.0 Å². The molecule has 0 radical (unpaired) electrons. The number of thiophene rings is 1. The molecule has 0 N–H and O–H groups in total. The van der Waals surface area contributed by atoms with E-state index in [-0.39, 0.29) is 0 Å². The Bertz CT molecular complexity index is 2820. The molecule has 0 fully saturated rings. The summed E-state index contributed by atoms with van der Waals surface area (Å²) in [5.41, 5.74) is 5.31. The molecule has 0 atom stereocenters. The molecule has 0 bridgehead atoms. The van der Waals surface area contributed by atoms with Gasteiger partial charge in [-0.1, -0.05) is 133 Å². The van der Waals surface area contributed by atoms with Crippen molar-refractivity contribution in [2.24, 2.45) is 0 Å². The summed E-state index contributed by atoms with van der Waals surface area (Å²) in [4.78, 5) is 14.9. The first kappa shape index (κ1) is 27.8. The maximum Gasteiger partial charge on any atom is 0.164 e. The molecule has 0 unspecified atom stereocenters. The minimum atomic E-state index is 0.656. The molecular formula is C45H27N3S. The molecule has 10 aromatic rings. The first-order chi connectivity index (χ1) is 24.3. The van der Waals surface area contributed by atoms with Gasteiger partial charge < -0.3 is 0 Å². The smallest absolute Gasteiger partial charge is 0.164 e. The monoisotopic (exact) mass is 641 g/mol. The number of aromatic nitrogens is 3. The van der Waals surface area contributed by atoms with E-state index in [1.54, 1.807) is 0 Å². The summed E-state index contributed by atoms with van der Waals surface area (Å²) in [6, 6.07) is 58.1.